The van der Waals surface area contributed by atoms with Crippen molar-refractivity contribution in [1.29, 1.82) is 0 Å². The van der Waals surface area contributed by atoms with Crippen LogP contribution < -0.4 is 21.7 Å². The molecule has 0 bridgehead atoms. The van der Waals surface area contributed by atoms with E-state index in [4.69, 9.17) is 10.6 Å². The minimum Gasteiger partial charge on any atom is -0.387 e. The summed E-state index contributed by atoms with van der Waals surface area (Å²) in [6.07, 6.45) is 2.80. The van der Waals surface area contributed by atoms with Gasteiger partial charge in [0.15, 0.2) is 5.60 Å². The number of carbonyl (C=O) groups excluding carboxylic acids is 5. The van der Waals surface area contributed by atoms with Crippen LogP contribution in [0.15, 0.2) is 106 Å². The van der Waals surface area contributed by atoms with E-state index in [0.717, 1.165) is 19.9 Å². The number of thiophene rings is 1. The summed E-state index contributed by atoms with van der Waals surface area (Å²) >= 11 is 2.91. The van der Waals surface area contributed by atoms with E-state index < -0.39 is 35.5 Å². The molecule has 14 heteroatoms. The van der Waals surface area contributed by atoms with Crippen LogP contribution in [0, 0.1) is 0 Å². The standard InChI is InChI=1S/C38H36N6O6S2/c39-35(47)29(19-27-18-24-7-4-5-12-32(24)52-27)42-37(49)31-21-38(22-44(31)34(46)15-16-51-26-10-2-1-3-11-26)20-30(43-50-38)23-8-6-9-25(17-23)40-36(48)28-13-14-33(45)41-28/h1-12,15-18,28-29,31H,13-14,19-22H2,(H2,39,47)(H,40,48)(H,41,45)(H,42,49)/b16-15+/t28-,29?,31-,38?/m0/s1. The lowest BCUT2D eigenvalue weighted by atomic mass is 9.91. The number of hydrogen-bond donors (Lipinski definition) is 4. The number of nitrogens with one attached hydrogen (secondary N) is 3. The Balaban J connectivity index is 1.07. The molecule has 1 spiro atoms. The molecule has 0 aliphatic carbocycles. The molecule has 52 heavy (non-hydrogen) atoms. The SMILES string of the molecule is NC(=O)C(Cc1cc2ccccc2s1)NC(=O)[C@@H]1CC2(CC(c3cccc(NC(=O)[C@@H]4CCC(=O)N4)c3)=NO2)CN1C(=O)/C=C/Sc1ccccc1. The third kappa shape index (κ3) is 7.87. The van der Waals surface area contributed by atoms with Gasteiger partial charge in [-0.05, 0) is 53.6 Å². The lowest BCUT2D eigenvalue weighted by Gasteiger charge is -2.24. The van der Waals surface area contributed by atoms with Crippen molar-refractivity contribution in [2.24, 2.45) is 10.9 Å². The van der Waals surface area contributed by atoms with Gasteiger partial charge < -0.3 is 31.4 Å². The summed E-state index contributed by atoms with van der Waals surface area (Å²) in [5.74, 6) is -2.04. The number of carbonyl (C=O) groups is 5. The van der Waals surface area contributed by atoms with E-state index in [1.165, 1.54) is 34.1 Å². The van der Waals surface area contributed by atoms with Gasteiger partial charge in [-0.15, -0.1) is 11.3 Å². The smallest absolute Gasteiger partial charge is 0.247 e. The van der Waals surface area contributed by atoms with Gasteiger partial charge in [-0.3, -0.25) is 24.0 Å². The van der Waals surface area contributed by atoms with E-state index in [0.29, 0.717) is 36.2 Å². The molecular formula is C38H36N6O6S2. The number of amides is 5. The number of oxime groups is 1. The fraction of sp³-hybridized carbons (Fsp3) is 0.263. The minimum absolute atomic E-state index is 0.0760. The zero-order valence-electron chi connectivity index (χ0n) is 28.0. The Kier molecular flexibility index (Phi) is 10.1. The molecule has 5 amide bonds. The van der Waals surface area contributed by atoms with Gasteiger partial charge in [-0.1, -0.05) is 65.4 Å². The highest BCUT2D eigenvalue weighted by molar-refractivity contribution is 8.02. The molecule has 0 saturated carbocycles. The number of thioether (sulfide) groups is 1. The molecule has 1 aromatic heterocycles. The number of hydrogen-bond acceptors (Lipinski definition) is 9. The molecule has 4 atom stereocenters. The summed E-state index contributed by atoms with van der Waals surface area (Å²) in [6.45, 7) is 0.0760. The molecular weight excluding hydrogens is 701 g/mol. The molecule has 3 aliphatic heterocycles. The second-order valence-corrected chi connectivity index (χ2v) is 15.2. The number of nitrogens with zero attached hydrogens (tertiary/aromatic N) is 2. The molecule has 3 aliphatic rings. The monoisotopic (exact) mass is 736 g/mol. The Hall–Kier alpha value is -5.47. The number of rotatable bonds is 11. The highest BCUT2D eigenvalue weighted by atomic mass is 32.2. The molecule has 12 nitrogen and oxygen atoms in total. The predicted molar refractivity (Wildman–Crippen MR) is 199 cm³/mol. The molecule has 0 radical (unpaired) electrons. The Labute approximate surface area is 307 Å². The first kappa shape index (κ1) is 35.0. The second-order valence-electron chi connectivity index (χ2n) is 13.1. The number of likely N-dealkylation sites (tertiary alicyclic amines) is 1. The number of primary amides is 1. The molecule has 7 rings (SSSR count). The van der Waals surface area contributed by atoms with E-state index in [9.17, 15) is 24.0 Å². The number of nitrogens with two attached hydrogens (primary N) is 1. The molecule has 4 heterocycles. The highest BCUT2D eigenvalue weighted by Crippen LogP contribution is 2.39. The maximum Gasteiger partial charge on any atom is 0.247 e. The molecule has 4 aromatic rings. The molecule has 266 valence electrons. The normalized spacial score (nSPS) is 21.6. The van der Waals surface area contributed by atoms with Gasteiger partial charge in [-0.2, -0.15) is 0 Å². The Bertz CT molecular complexity index is 2070. The minimum atomic E-state index is -1.01. The third-order valence-corrected chi connectivity index (χ3v) is 11.3. The number of fused-ring (bicyclic) bond motifs is 1. The summed E-state index contributed by atoms with van der Waals surface area (Å²) in [5, 5.41) is 15.5. The first-order valence-electron chi connectivity index (χ1n) is 16.9. The first-order valence-corrected chi connectivity index (χ1v) is 18.6. The number of anilines is 1. The largest absolute Gasteiger partial charge is 0.387 e. The summed E-state index contributed by atoms with van der Waals surface area (Å²) in [4.78, 5) is 74.0. The maximum absolute atomic E-state index is 14.0. The molecule has 2 fully saturated rings. The molecule has 5 N–H and O–H groups in total. The van der Waals surface area contributed by atoms with Crippen LogP contribution in [0.1, 0.15) is 36.1 Å². The van der Waals surface area contributed by atoms with E-state index in [-0.39, 0.29) is 37.1 Å². The van der Waals surface area contributed by atoms with E-state index >= 15 is 0 Å². The van der Waals surface area contributed by atoms with Crippen LogP contribution in [0.4, 0.5) is 5.69 Å². The zero-order valence-corrected chi connectivity index (χ0v) is 29.6. The molecule has 2 saturated heterocycles. The summed E-state index contributed by atoms with van der Waals surface area (Å²) in [7, 11) is 0. The first-order chi connectivity index (χ1) is 25.1. The fourth-order valence-corrected chi connectivity index (χ4v) is 8.46. The number of benzene rings is 3. The van der Waals surface area contributed by atoms with Crippen molar-refractivity contribution in [3.8, 4) is 0 Å². The van der Waals surface area contributed by atoms with Crippen molar-refractivity contribution in [1.82, 2.24) is 15.5 Å². The second kappa shape index (κ2) is 15.0. The van der Waals surface area contributed by atoms with Crippen molar-refractivity contribution >= 4 is 74.1 Å². The van der Waals surface area contributed by atoms with Gasteiger partial charge in [0, 0.05) is 57.5 Å². The van der Waals surface area contributed by atoms with E-state index in [2.05, 4.69) is 21.1 Å². The van der Waals surface area contributed by atoms with Crippen molar-refractivity contribution in [3.63, 3.8) is 0 Å². The third-order valence-electron chi connectivity index (χ3n) is 9.30. The van der Waals surface area contributed by atoms with Crippen LogP contribution in [0.2, 0.25) is 0 Å². The highest BCUT2D eigenvalue weighted by Gasteiger charge is 2.53. The topological polar surface area (TPSA) is 172 Å². The lowest BCUT2D eigenvalue weighted by Crippen LogP contribution is -2.52. The van der Waals surface area contributed by atoms with Crippen LogP contribution in [0.5, 0.6) is 0 Å². The van der Waals surface area contributed by atoms with Crippen LogP contribution in [0.25, 0.3) is 10.1 Å². The van der Waals surface area contributed by atoms with E-state index in [1.807, 2.05) is 66.7 Å². The summed E-state index contributed by atoms with van der Waals surface area (Å²) in [6, 6.07) is 24.0. The van der Waals surface area contributed by atoms with Gasteiger partial charge in [-0.25, -0.2) is 0 Å². The Morgan fingerprint density at radius 2 is 1.87 bits per heavy atom. The quantitative estimate of drug-likeness (QED) is 0.133. The summed E-state index contributed by atoms with van der Waals surface area (Å²) < 4.78 is 1.06. The van der Waals surface area contributed by atoms with Crippen molar-refractivity contribution in [3.05, 3.63) is 107 Å². The molecule has 3 aromatic carbocycles. The average molecular weight is 737 g/mol. The van der Waals surface area contributed by atoms with Crippen LogP contribution >= 0.6 is 23.1 Å². The summed E-state index contributed by atoms with van der Waals surface area (Å²) in [5.41, 5.74) is 6.61. The van der Waals surface area contributed by atoms with Gasteiger partial charge in [0.1, 0.15) is 18.1 Å². The van der Waals surface area contributed by atoms with Gasteiger partial charge in [0.25, 0.3) is 0 Å². The average Bonchev–Trinajstić information content (AvgIpc) is 3.94. The van der Waals surface area contributed by atoms with E-state index in [1.54, 1.807) is 23.6 Å². The van der Waals surface area contributed by atoms with Crippen LogP contribution in [-0.4, -0.2) is 70.4 Å². The van der Waals surface area contributed by atoms with Gasteiger partial charge >= 0.3 is 0 Å². The van der Waals surface area contributed by atoms with Crippen molar-refractivity contribution in [2.75, 3.05) is 11.9 Å². The van der Waals surface area contributed by atoms with Gasteiger partial charge in [0.2, 0.25) is 29.5 Å². The van der Waals surface area contributed by atoms with Gasteiger partial charge in [0.05, 0.1) is 12.3 Å². The Morgan fingerprint density at radius 1 is 1.06 bits per heavy atom. The maximum atomic E-state index is 14.0. The predicted octanol–water partition coefficient (Wildman–Crippen LogP) is 4.10. The molecule has 2 unspecified atom stereocenters. The lowest BCUT2D eigenvalue weighted by molar-refractivity contribution is -0.136. The Morgan fingerprint density at radius 3 is 2.63 bits per heavy atom. The van der Waals surface area contributed by atoms with Crippen molar-refractivity contribution < 1.29 is 28.8 Å². The van der Waals surface area contributed by atoms with Crippen molar-refractivity contribution in [2.45, 2.75) is 60.7 Å². The zero-order chi connectivity index (χ0) is 36.2. The fourth-order valence-electron chi connectivity index (χ4n) is 6.70. The van der Waals surface area contributed by atoms with Crippen LogP contribution in [0.3, 0.4) is 0 Å². The van der Waals surface area contributed by atoms with Crippen LogP contribution in [-0.2, 0) is 35.2 Å².